The van der Waals surface area contributed by atoms with Crippen LogP contribution in [0.15, 0.2) is 59.5 Å². The molecule has 6 heteroatoms. The SMILES string of the molecule is O=C(COC(=O)CCSc1ccccc1Cl)Nc1ccccc1. The van der Waals surface area contributed by atoms with Gasteiger partial charge in [0.1, 0.15) is 0 Å². The maximum absolute atomic E-state index is 11.6. The average Bonchev–Trinajstić information content (AvgIpc) is 2.56. The van der Waals surface area contributed by atoms with E-state index < -0.39 is 5.97 Å². The maximum Gasteiger partial charge on any atom is 0.307 e. The van der Waals surface area contributed by atoms with Crippen LogP contribution in [0.25, 0.3) is 0 Å². The molecular formula is C17H16ClNO3S. The van der Waals surface area contributed by atoms with Gasteiger partial charge in [-0.05, 0) is 24.3 Å². The van der Waals surface area contributed by atoms with E-state index in [-0.39, 0.29) is 18.9 Å². The molecule has 23 heavy (non-hydrogen) atoms. The molecule has 0 aliphatic heterocycles. The van der Waals surface area contributed by atoms with Gasteiger partial charge in [-0.15, -0.1) is 11.8 Å². The topological polar surface area (TPSA) is 55.4 Å². The number of hydrogen-bond acceptors (Lipinski definition) is 4. The van der Waals surface area contributed by atoms with Gasteiger partial charge in [0.15, 0.2) is 6.61 Å². The molecule has 0 spiro atoms. The Kier molecular flexibility index (Phi) is 6.97. The molecule has 2 aromatic carbocycles. The molecule has 0 radical (unpaired) electrons. The molecule has 0 aliphatic carbocycles. The summed E-state index contributed by atoms with van der Waals surface area (Å²) in [6.45, 7) is -0.287. The Labute approximate surface area is 144 Å². The first-order chi connectivity index (χ1) is 11.1. The minimum Gasteiger partial charge on any atom is -0.456 e. The number of esters is 1. The quantitative estimate of drug-likeness (QED) is 0.606. The maximum atomic E-state index is 11.6. The third-order valence-corrected chi connectivity index (χ3v) is 4.34. The van der Waals surface area contributed by atoms with E-state index in [9.17, 15) is 9.59 Å². The van der Waals surface area contributed by atoms with Crippen LogP contribution in [0.4, 0.5) is 5.69 Å². The molecule has 0 aliphatic rings. The zero-order valence-electron chi connectivity index (χ0n) is 12.3. The van der Waals surface area contributed by atoms with Gasteiger partial charge in [-0.25, -0.2) is 0 Å². The normalized spacial score (nSPS) is 10.1. The first-order valence-corrected chi connectivity index (χ1v) is 8.39. The number of para-hydroxylation sites is 1. The monoisotopic (exact) mass is 349 g/mol. The molecule has 120 valence electrons. The van der Waals surface area contributed by atoms with Crippen molar-refractivity contribution in [2.75, 3.05) is 17.7 Å². The lowest BCUT2D eigenvalue weighted by atomic mass is 10.3. The highest BCUT2D eigenvalue weighted by molar-refractivity contribution is 7.99. The number of carbonyl (C=O) groups is 2. The van der Waals surface area contributed by atoms with Crippen molar-refractivity contribution in [2.24, 2.45) is 0 Å². The fourth-order valence-electron chi connectivity index (χ4n) is 1.74. The first-order valence-electron chi connectivity index (χ1n) is 7.03. The van der Waals surface area contributed by atoms with Gasteiger partial charge >= 0.3 is 5.97 Å². The van der Waals surface area contributed by atoms with Crippen molar-refractivity contribution in [1.82, 2.24) is 0 Å². The Hall–Kier alpha value is -1.98. The summed E-state index contributed by atoms with van der Waals surface area (Å²) >= 11 is 7.51. The van der Waals surface area contributed by atoms with Gasteiger partial charge in [0.25, 0.3) is 5.91 Å². The molecule has 2 rings (SSSR count). The van der Waals surface area contributed by atoms with Gasteiger partial charge in [-0.2, -0.15) is 0 Å². The second-order valence-electron chi connectivity index (χ2n) is 4.60. The van der Waals surface area contributed by atoms with Crippen molar-refractivity contribution in [1.29, 1.82) is 0 Å². The molecule has 0 bridgehead atoms. The predicted molar refractivity (Wildman–Crippen MR) is 92.8 cm³/mol. The van der Waals surface area contributed by atoms with Crippen molar-refractivity contribution in [3.8, 4) is 0 Å². The summed E-state index contributed by atoms with van der Waals surface area (Å²) in [5, 5.41) is 3.31. The summed E-state index contributed by atoms with van der Waals surface area (Å²) < 4.78 is 4.95. The molecule has 2 aromatic rings. The van der Waals surface area contributed by atoms with Gasteiger partial charge in [-0.3, -0.25) is 9.59 Å². The van der Waals surface area contributed by atoms with E-state index in [1.165, 1.54) is 11.8 Å². The third kappa shape index (κ3) is 6.34. The lowest BCUT2D eigenvalue weighted by Gasteiger charge is -2.07. The Bertz CT molecular complexity index is 664. The fourth-order valence-corrected chi connectivity index (χ4v) is 2.91. The van der Waals surface area contributed by atoms with Crippen molar-refractivity contribution < 1.29 is 14.3 Å². The lowest BCUT2D eigenvalue weighted by Crippen LogP contribution is -2.20. The van der Waals surface area contributed by atoms with E-state index in [2.05, 4.69) is 5.32 Å². The largest absolute Gasteiger partial charge is 0.456 e. The smallest absolute Gasteiger partial charge is 0.307 e. The number of ether oxygens (including phenoxy) is 1. The van der Waals surface area contributed by atoms with Crippen LogP contribution >= 0.6 is 23.4 Å². The number of halogens is 1. The zero-order chi connectivity index (χ0) is 16.5. The number of amides is 1. The summed E-state index contributed by atoms with van der Waals surface area (Å²) in [6, 6.07) is 16.4. The molecular weight excluding hydrogens is 334 g/mol. The molecule has 1 amide bonds. The first kappa shape index (κ1) is 17.4. The van der Waals surface area contributed by atoms with Crippen LogP contribution in [0, 0.1) is 0 Å². The Balaban J connectivity index is 1.65. The second kappa shape index (κ2) is 9.22. The highest BCUT2D eigenvalue weighted by atomic mass is 35.5. The van der Waals surface area contributed by atoms with Crippen molar-refractivity contribution in [3.05, 3.63) is 59.6 Å². The van der Waals surface area contributed by atoms with E-state index in [0.717, 1.165) is 4.90 Å². The van der Waals surface area contributed by atoms with Crippen LogP contribution in [0.2, 0.25) is 5.02 Å². The summed E-state index contributed by atoms with van der Waals surface area (Å²) in [7, 11) is 0. The molecule has 0 aromatic heterocycles. The van der Waals surface area contributed by atoms with E-state index >= 15 is 0 Å². The molecule has 0 saturated carbocycles. The van der Waals surface area contributed by atoms with Crippen LogP contribution in [-0.2, 0) is 14.3 Å². The molecule has 0 heterocycles. The van der Waals surface area contributed by atoms with Gasteiger partial charge in [0.2, 0.25) is 0 Å². The van der Waals surface area contributed by atoms with Crippen LogP contribution in [0.3, 0.4) is 0 Å². The van der Waals surface area contributed by atoms with Gasteiger partial charge in [0, 0.05) is 16.3 Å². The third-order valence-electron chi connectivity index (χ3n) is 2.82. The average molecular weight is 350 g/mol. The Morgan fingerprint density at radius 2 is 1.74 bits per heavy atom. The highest BCUT2D eigenvalue weighted by Gasteiger charge is 2.08. The molecule has 0 unspecified atom stereocenters. The number of hydrogen-bond donors (Lipinski definition) is 1. The predicted octanol–water partition coefficient (Wildman–Crippen LogP) is 4.00. The van der Waals surface area contributed by atoms with Crippen LogP contribution in [0.5, 0.6) is 0 Å². The van der Waals surface area contributed by atoms with Crippen LogP contribution in [0.1, 0.15) is 6.42 Å². The van der Waals surface area contributed by atoms with E-state index in [4.69, 9.17) is 16.3 Å². The fraction of sp³-hybridized carbons (Fsp3) is 0.176. The number of rotatable bonds is 7. The summed E-state index contributed by atoms with van der Waals surface area (Å²) in [5.41, 5.74) is 0.669. The van der Waals surface area contributed by atoms with Crippen molar-refractivity contribution in [3.63, 3.8) is 0 Å². The second-order valence-corrected chi connectivity index (χ2v) is 6.15. The minimum absolute atomic E-state index is 0.217. The van der Waals surface area contributed by atoms with Gasteiger partial charge in [-0.1, -0.05) is 41.9 Å². The van der Waals surface area contributed by atoms with E-state index in [1.54, 1.807) is 18.2 Å². The highest BCUT2D eigenvalue weighted by Crippen LogP contribution is 2.26. The Morgan fingerprint density at radius 3 is 2.48 bits per heavy atom. The minimum atomic E-state index is -0.409. The summed E-state index contributed by atoms with van der Waals surface area (Å²) in [4.78, 5) is 24.2. The molecule has 0 atom stereocenters. The van der Waals surface area contributed by atoms with Crippen molar-refractivity contribution in [2.45, 2.75) is 11.3 Å². The number of carbonyl (C=O) groups excluding carboxylic acids is 2. The number of thioether (sulfide) groups is 1. The molecule has 1 N–H and O–H groups in total. The Morgan fingerprint density at radius 1 is 1.04 bits per heavy atom. The number of anilines is 1. The van der Waals surface area contributed by atoms with Crippen LogP contribution < -0.4 is 5.32 Å². The molecule has 0 saturated heterocycles. The summed E-state index contributed by atoms with van der Waals surface area (Å²) in [5.74, 6) is -0.223. The molecule has 0 fully saturated rings. The van der Waals surface area contributed by atoms with Gasteiger partial charge in [0.05, 0.1) is 11.4 Å². The van der Waals surface area contributed by atoms with E-state index in [1.807, 2.05) is 36.4 Å². The number of nitrogens with one attached hydrogen (secondary N) is 1. The van der Waals surface area contributed by atoms with Crippen LogP contribution in [-0.4, -0.2) is 24.2 Å². The lowest BCUT2D eigenvalue weighted by molar-refractivity contribution is -0.146. The van der Waals surface area contributed by atoms with Gasteiger partial charge < -0.3 is 10.1 Å². The van der Waals surface area contributed by atoms with Crippen molar-refractivity contribution >= 4 is 40.9 Å². The summed E-state index contributed by atoms with van der Waals surface area (Å²) in [6.07, 6.45) is 0.217. The zero-order valence-corrected chi connectivity index (χ0v) is 13.9. The molecule has 4 nitrogen and oxygen atoms in total. The standard InChI is InChI=1S/C17H16ClNO3S/c18-14-8-4-5-9-15(14)23-11-10-17(21)22-12-16(20)19-13-6-2-1-3-7-13/h1-9H,10-12H2,(H,19,20). The van der Waals surface area contributed by atoms with E-state index in [0.29, 0.717) is 16.5 Å². The number of benzene rings is 2.